The maximum Gasteiger partial charge on any atom is 0.211 e. The van der Waals surface area contributed by atoms with Gasteiger partial charge in [-0.25, -0.2) is 13.3 Å². The second-order valence-electron chi connectivity index (χ2n) is 7.42. The van der Waals surface area contributed by atoms with Crippen LogP contribution in [-0.4, -0.2) is 36.6 Å². The Morgan fingerprint density at radius 1 is 1.35 bits per heavy atom. The molecule has 4 rings (SSSR count). The Bertz CT molecular complexity index is 1190. The molecule has 0 saturated heterocycles. The van der Waals surface area contributed by atoms with Crippen molar-refractivity contribution in [2.75, 3.05) is 18.2 Å². The molecule has 0 aliphatic carbocycles. The van der Waals surface area contributed by atoms with Crippen molar-refractivity contribution in [3.63, 3.8) is 0 Å². The second kappa shape index (κ2) is 9.06. The number of pyridine rings is 1. The Labute approximate surface area is 186 Å². The molecule has 1 aromatic carbocycles. The summed E-state index contributed by atoms with van der Waals surface area (Å²) in [4.78, 5) is 7.70. The molecule has 31 heavy (non-hydrogen) atoms. The molecule has 160 valence electrons. The van der Waals surface area contributed by atoms with Gasteiger partial charge in [-0.05, 0) is 58.1 Å². The van der Waals surface area contributed by atoms with Crippen molar-refractivity contribution in [3.05, 3.63) is 81.6 Å². The molecule has 3 aromatic rings. The zero-order valence-corrected chi connectivity index (χ0v) is 18.6. The van der Waals surface area contributed by atoms with Crippen molar-refractivity contribution in [1.29, 1.82) is 0 Å². The SMILES string of the molecule is [C-]#[N+]c1cc2c(c(NCc3cccnc3)c1)OCC(N(Cc1ccsc1)S(C)(=O)=O)C2. The summed E-state index contributed by atoms with van der Waals surface area (Å²) in [7, 11) is -3.44. The summed E-state index contributed by atoms with van der Waals surface area (Å²) < 4.78 is 32.6. The number of fused-ring (bicyclic) bond motifs is 1. The van der Waals surface area contributed by atoms with Gasteiger partial charge in [-0.1, -0.05) is 6.07 Å². The molecule has 1 aliphatic rings. The molecule has 0 radical (unpaired) electrons. The zero-order chi connectivity index (χ0) is 21.8. The van der Waals surface area contributed by atoms with Crippen LogP contribution in [0.15, 0.2) is 53.5 Å². The lowest BCUT2D eigenvalue weighted by Gasteiger charge is -2.34. The number of benzene rings is 1. The van der Waals surface area contributed by atoms with Gasteiger partial charge in [-0.3, -0.25) is 4.98 Å². The first-order valence-corrected chi connectivity index (χ1v) is 12.5. The van der Waals surface area contributed by atoms with Gasteiger partial charge >= 0.3 is 0 Å². The first-order chi connectivity index (χ1) is 14.9. The van der Waals surface area contributed by atoms with Crippen LogP contribution in [0, 0.1) is 6.57 Å². The van der Waals surface area contributed by atoms with Crippen LogP contribution >= 0.6 is 11.3 Å². The standard InChI is InChI=1S/C22H22N4O3S2/c1-23-19-8-18-9-20(26(31(2,27)28)13-17-5-7-30-15-17)14-29-22(18)21(10-19)25-12-16-4-3-6-24-11-16/h3-8,10-11,15,20,25H,9,12-14H2,2H3. The first kappa shape index (κ1) is 21.3. The molecular weight excluding hydrogens is 432 g/mol. The van der Waals surface area contributed by atoms with E-state index in [1.54, 1.807) is 24.5 Å². The summed E-state index contributed by atoms with van der Waals surface area (Å²) in [5.41, 5.74) is 4.01. The zero-order valence-electron chi connectivity index (χ0n) is 17.0. The van der Waals surface area contributed by atoms with E-state index in [-0.39, 0.29) is 12.6 Å². The van der Waals surface area contributed by atoms with Crippen LogP contribution in [0.5, 0.6) is 5.75 Å². The van der Waals surface area contributed by atoms with Gasteiger partial charge in [-0.2, -0.15) is 15.6 Å². The van der Waals surface area contributed by atoms with Crippen LogP contribution in [-0.2, 0) is 29.5 Å². The summed E-state index contributed by atoms with van der Waals surface area (Å²) in [6, 6.07) is 8.98. The Morgan fingerprint density at radius 3 is 2.90 bits per heavy atom. The molecule has 9 heteroatoms. The smallest absolute Gasteiger partial charge is 0.211 e. The lowest BCUT2D eigenvalue weighted by molar-refractivity contribution is 0.180. The van der Waals surface area contributed by atoms with Crippen LogP contribution in [0.25, 0.3) is 4.85 Å². The summed E-state index contributed by atoms with van der Waals surface area (Å²) in [6.07, 6.45) is 5.21. The average Bonchev–Trinajstić information content (AvgIpc) is 3.28. The quantitative estimate of drug-likeness (QED) is 0.545. The van der Waals surface area contributed by atoms with Crippen molar-refractivity contribution in [2.45, 2.75) is 25.6 Å². The summed E-state index contributed by atoms with van der Waals surface area (Å²) >= 11 is 1.54. The van der Waals surface area contributed by atoms with Gasteiger partial charge in [0.15, 0.2) is 5.69 Å². The highest BCUT2D eigenvalue weighted by Gasteiger charge is 2.32. The van der Waals surface area contributed by atoms with Gasteiger partial charge in [0, 0.05) is 25.5 Å². The van der Waals surface area contributed by atoms with Gasteiger partial charge in [0.2, 0.25) is 10.0 Å². The minimum Gasteiger partial charge on any atom is -0.490 e. The molecule has 2 aromatic heterocycles. The van der Waals surface area contributed by atoms with Gasteiger partial charge in [-0.15, -0.1) is 0 Å². The number of ether oxygens (including phenoxy) is 1. The largest absolute Gasteiger partial charge is 0.490 e. The fourth-order valence-electron chi connectivity index (χ4n) is 3.65. The summed E-state index contributed by atoms with van der Waals surface area (Å²) in [6.45, 7) is 8.56. The molecule has 7 nitrogen and oxygen atoms in total. The summed E-state index contributed by atoms with van der Waals surface area (Å²) in [5.74, 6) is 0.677. The van der Waals surface area contributed by atoms with E-state index >= 15 is 0 Å². The number of thiophene rings is 1. The topological polar surface area (TPSA) is 75.9 Å². The molecule has 1 N–H and O–H groups in total. The van der Waals surface area contributed by atoms with E-state index in [0.29, 0.717) is 30.9 Å². The Hall–Kier alpha value is -2.93. The molecular formula is C22H22N4O3S2. The lowest BCUT2D eigenvalue weighted by atomic mass is 10.0. The first-order valence-electron chi connectivity index (χ1n) is 9.72. The third-order valence-corrected chi connectivity index (χ3v) is 7.12. The predicted octanol–water partition coefficient (Wildman–Crippen LogP) is 4.07. The van der Waals surface area contributed by atoms with Crippen LogP contribution in [0.4, 0.5) is 11.4 Å². The van der Waals surface area contributed by atoms with E-state index in [0.717, 1.165) is 22.4 Å². The maximum absolute atomic E-state index is 12.5. The maximum atomic E-state index is 12.5. The number of nitrogens with one attached hydrogen (secondary N) is 1. The number of anilines is 1. The van der Waals surface area contributed by atoms with Crippen molar-refractivity contribution < 1.29 is 13.2 Å². The third-order valence-electron chi connectivity index (χ3n) is 5.11. The van der Waals surface area contributed by atoms with E-state index in [1.165, 1.54) is 21.9 Å². The average molecular weight is 455 g/mol. The molecule has 1 aliphatic heterocycles. The summed E-state index contributed by atoms with van der Waals surface area (Å²) in [5, 5.41) is 7.22. The van der Waals surface area contributed by atoms with Gasteiger partial charge in [0.25, 0.3) is 0 Å². The number of aromatic nitrogens is 1. The number of hydrogen-bond donors (Lipinski definition) is 1. The van der Waals surface area contributed by atoms with E-state index in [4.69, 9.17) is 11.3 Å². The second-order valence-corrected chi connectivity index (χ2v) is 10.1. The van der Waals surface area contributed by atoms with Crippen LogP contribution in [0.2, 0.25) is 0 Å². The van der Waals surface area contributed by atoms with E-state index in [9.17, 15) is 8.42 Å². The number of rotatable bonds is 7. The van der Waals surface area contributed by atoms with E-state index < -0.39 is 10.0 Å². The minimum absolute atomic E-state index is 0.253. The molecule has 0 amide bonds. The van der Waals surface area contributed by atoms with Crippen molar-refractivity contribution >= 4 is 32.7 Å². The fourth-order valence-corrected chi connectivity index (χ4v) is 5.37. The third kappa shape index (κ3) is 5.05. The normalized spacial score (nSPS) is 15.7. The van der Waals surface area contributed by atoms with Crippen LogP contribution in [0.3, 0.4) is 0 Å². The van der Waals surface area contributed by atoms with E-state index in [1.807, 2.05) is 29.0 Å². The number of nitrogens with zero attached hydrogens (tertiary/aromatic N) is 3. The molecule has 1 unspecified atom stereocenters. The Kier molecular flexibility index (Phi) is 6.23. The predicted molar refractivity (Wildman–Crippen MR) is 122 cm³/mol. The van der Waals surface area contributed by atoms with Crippen molar-refractivity contribution in [1.82, 2.24) is 9.29 Å². The fraction of sp³-hybridized carbons (Fsp3) is 0.273. The Morgan fingerprint density at radius 2 is 2.23 bits per heavy atom. The molecule has 0 spiro atoms. The lowest BCUT2D eigenvalue weighted by Crippen LogP contribution is -2.45. The highest BCUT2D eigenvalue weighted by atomic mass is 32.2. The highest BCUT2D eigenvalue weighted by molar-refractivity contribution is 7.88. The molecule has 0 saturated carbocycles. The van der Waals surface area contributed by atoms with Crippen molar-refractivity contribution in [2.24, 2.45) is 0 Å². The van der Waals surface area contributed by atoms with Gasteiger partial charge in [0.05, 0.1) is 24.6 Å². The number of sulfonamides is 1. The van der Waals surface area contributed by atoms with E-state index in [2.05, 4.69) is 15.1 Å². The Balaban J connectivity index is 1.59. The number of hydrogen-bond acceptors (Lipinski definition) is 6. The monoisotopic (exact) mass is 454 g/mol. The molecule has 0 fully saturated rings. The van der Waals surface area contributed by atoms with Gasteiger partial charge in [0.1, 0.15) is 12.4 Å². The van der Waals surface area contributed by atoms with Crippen LogP contribution < -0.4 is 10.1 Å². The molecule has 0 bridgehead atoms. The molecule has 3 heterocycles. The highest BCUT2D eigenvalue weighted by Crippen LogP contribution is 2.39. The van der Waals surface area contributed by atoms with Gasteiger partial charge < -0.3 is 10.1 Å². The molecule has 1 atom stereocenters. The van der Waals surface area contributed by atoms with Crippen molar-refractivity contribution in [3.8, 4) is 5.75 Å². The minimum atomic E-state index is -3.44. The van der Waals surface area contributed by atoms with Crippen LogP contribution in [0.1, 0.15) is 16.7 Å².